The third-order valence-corrected chi connectivity index (χ3v) is 9.68. The van der Waals surface area contributed by atoms with Crippen molar-refractivity contribution in [2.45, 2.75) is 75.1 Å². The molecule has 1 amide bonds. The Balaban J connectivity index is 1.72. The van der Waals surface area contributed by atoms with Crippen molar-refractivity contribution in [1.82, 2.24) is 10.2 Å². The fourth-order valence-electron chi connectivity index (χ4n) is 5.70. The van der Waals surface area contributed by atoms with Gasteiger partial charge in [0.1, 0.15) is 11.6 Å². The van der Waals surface area contributed by atoms with Crippen LogP contribution in [-0.2, 0) is 14.3 Å². The molecular weight excluding hydrogens is 544 g/mol. The smallest absolute Gasteiger partial charge is 0.410 e. The molecule has 1 aliphatic rings. The summed E-state index contributed by atoms with van der Waals surface area (Å²) in [6.07, 6.45) is 1.09. The molecule has 0 saturated carbocycles. The van der Waals surface area contributed by atoms with E-state index in [9.17, 15) is 14.7 Å². The van der Waals surface area contributed by atoms with E-state index in [1.165, 1.54) is 16.7 Å². The first kappa shape index (κ1) is 31.6. The zero-order valence-corrected chi connectivity index (χ0v) is 26.1. The molecule has 224 valence electrons. The van der Waals surface area contributed by atoms with E-state index in [0.29, 0.717) is 19.5 Å². The van der Waals surface area contributed by atoms with Crippen LogP contribution in [0.2, 0.25) is 0 Å². The maximum Gasteiger partial charge on any atom is 0.410 e. The van der Waals surface area contributed by atoms with Gasteiger partial charge in [0, 0.05) is 24.4 Å². The minimum atomic E-state index is -0.867. The normalized spacial score (nSPS) is 18.8. The minimum absolute atomic E-state index is 0.0362. The molecular formula is C35H44N2O4S. The van der Waals surface area contributed by atoms with Crippen LogP contribution in [0, 0.1) is 5.92 Å². The lowest BCUT2D eigenvalue weighted by molar-refractivity contribution is -0.140. The maximum atomic E-state index is 13.5. The van der Waals surface area contributed by atoms with Crippen molar-refractivity contribution in [2.24, 2.45) is 5.92 Å². The van der Waals surface area contributed by atoms with Crippen LogP contribution < -0.4 is 5.32 Å². The summed E-state index contributed by atoms with van der Waals surface area (Å²) in [7, 11) is 0. The number of thioether (sulfide) groups is 1. The average Bonchev–Trinajstić information content (AvgIpc) is 3.39. The van der Waals surface area contributed by atoms with Crippen LogP contribution in [0.25, 0.3) is 0 Å². The van der Waals surface area contributed by atoms with Crippen molar-refractivity contribution in [3.05, 3.63) is 108 Å². The Bertz CT molecular complexity index is 1200. The van der Waals surface area contributed by atoms with Gasteiger partial charge in [-0.05, 0) is 49.8 Å². The lowest BCUT2D eigenvalue weighted by Crippen LogP contribution is -2.49. The van der Waals surface area contributed by atoms with Gasteiger partial charge >= 0.3 is 12.1 Å². The highest BCUT2D eigenvalue weighted by Crippen LogP contribution is 2.52. The molecule has 1 saturated heterocycles. The lowest BCUT2D eigenvalue weighted by Gasteiger charge is -2.37. The van der Waals surface area contributed by atoms with Crippen LogP contribution in [0.5, 0.6) is 0 Å². The zero-order valence-electron chi connectivity index (χ0n) is 25.3. The van der Waals surface area contributed by atoms with Crippen LogP contribution in [0.1, 0.15) is 64.2 Å². The summed E-state index contributed by atoms with van der Waals surface area (Å²) < 4.78 is 5.32. The Morgan fingerprint density at radius 3 is 1.81 bits per heavy atom. The first-order chi connectivity index (χ1) is 20.0. The van der Waals surface area contributed by atoms with E-state index in [-0.39, 0.29) is 23.3 Å². The van der Waals surface area contributed by atoms with Gasteiger partial charge in [-0.15, -0.1) is 11.8 Å². The molecule has 4 atom stereocenters. The molecule has 42 heavy (non-hydrogen) atoms. The predicted molar refractivity (Wildman–Crippen MR) is 171 cm³/mol. The number of carboxylic acid groups (broad SMARTS) is 1. The van der Waals surface area contributed by atoms with Gasteiger partial charge in [-0.2, -0.15) is 0 Å². The fourth-order valence-corrected chi connectivity index (χ4v) is 7.57. The number of benzene rings is 3. The third kappa shape index (κ3) is 7.37. The summed E-state index contributed by atoms with van der Waals surface area (Å²) in [5, 5.41) is 13.2. The number of ether oxygens (including phenoxy) is 1. The molecule has 0 unspecified atom stereocenters. The van der Waals surface area contributed by atoms with E-state index in [1.54, 1.807) is 4.90 Å². The largest absolute Gasteiger partial charge is 0.480 e. The first-order valence-electron chi connectivity index (χ1n) is 14.8. The van der Waals surface area contributed by atoms with E-state index in [0.717, 1.165) is 6.42 Å². The van der Waals surface area contributed by atoms with E-state index >= 15 is 0 Å². The Morgan fingerprint density at radius 2 is 1.40 bits per heavy atom. The molecule has 6 nitrogen and oxygen atoms in total. The van der Waals surface area contributed by atoms with Gasteiger partial charge in [0.2, 0.25) is 0 Å². The number of hydrogen-bond donors (Lipinski definition) is 2. The molecule has 7 heteroatoms. The molecule has 1 heterocycles. The number of rotatable bonds is 11. The van der Waals surface area contributed by atoms with Crippen LogP contribution in [0.15, 0.2) is 91.0 Å². The molecule has 0 spiro atoms. The van der Waals surface area contributed by atoms with Crippen molar-refractivity contribution in [2.75, 3.05) is 13.1 Å². The number of nitrogens with zero attached hydrogens (tertiary/aromatic N) is 1. The van der Waals surface area contributed by atoms with E-state index in [4.69, 9.17) is 4.74 Å². The molecule has 0 radical (unpaired) electrons. The van der Waals surface area contributed by atoms with Gasteiger partial charge in [0.15, 0.2) is 0 Å². The van der Waals surface area contributed by atoms with Crippen LogP contribution in [0.4, 0.5) is 4.79 Å². The Kier molecular flexibility index (Phi) is 10.4. The van der Waals surface area contributed by atoms with E-state index < -0.39 is 22.4 Å². The number of hydrogen-bond acceptors (Lipinski definition) is 5. The molecule has 4 rings (SSSR count). The SMILES string of the molecule is CC[C@H](C)[C@H](NC[C@@H]1C[C@H](SC(c2ccccc2)(c2ccccc2)c2ccccc2)CN1C(=O)OC(C)(C)C)C(=O)O. The molecule has 1 aliphatic heterocycles. The Hall–Kier alpha value is -3.29. The maximum absolute atomic E-state index is 13.5. The molecule has 3 aromatic carbocycles. The second-order valence-electron chi connectivity index (χ2n) is 12.2. The van der Waals surface area contributed by atoms with Crippen molar-refractivity contribution in [1.29, 1.82) is 0 Å². The summed E-state index contributed by atoms with van der Waals surface area (Å²) in [6.45, 7) is 10.4. The summed E-state index contributed by atoms with van der Waals surface area (Å²) in [5.41, 5.74) is 2.86. The highest BCUT2D eigenvalue weighted by Gasteiger charge is 2.45. The molecule has 0 bridgehead atoms. The van der Waals surface area contributed by atoms with E-state index in [1.807, 2.05) is 64.6 Å². The minimum Gasteiger partial charge on any atom is -0.480 e. The summed E-state index contributed by atoms with van der Waals surface area (Å²) >= 11 is 1.86. The van der Waals surface area contributed by atoms with E-state index in [2.05, 4.69) is 78.1 Å². The summed E-state index contributed by atoms with van der Waals surface area (Å²) in [5.74, 6) is -0.903. The first-order valence-corrected chi connectivity index (χ1v) is 15.7. The van der Waals surface area contributed by atoms with Gasteiger partial charge in [0.25, 0.3) is 0 Å². The molecule has 2 N–H and O–H groups in total. The number of likely N-dealkylation sites (tertiary alicyclic amines) is 1. The van der Waals surface area contributed by atoms with Crippen molar-refractivity contribution >= 4 is 23.8 Å². The molecule has 0 aliphatic carbocycles. The topological polar surface area (TPSA) is 78.9 Å². The number of aliphatic carboxylic acids is 1. The second kappa shape index (κ2) is 13.8. The van der Waals surface area contributed by atoms with Gasteiger partial charge < -0.3 is 20.1 Å². The van der Waals surface area contributed by atoms with Gasteiger partial charge in [0.05, 0.1) is 4.75 Å². The number of carbonyl (C=O) groups excluding carboxylic acids is 1. The van der Waals surface area contributed by atoms with Crippen molar-refractivity contribution in [3.63, 3.8) is 0 Å². The number of carbonyl (C=O) groups is 2. The molecule has 1 fully saturated rings. The fraction of sp³-hybridized carbons (Fsp3) is 0.429. The van der Waals surface area contributed by atoms with Crippen LogP contribution >= 0.6 is 11.8 Å². The Labute approximate surface area is 254 Å². The highest BCUT2D eigenvalue weighted by molar-refractivity contribution is 8.01. The van der Waals surface area contributed by atoms with Crippen LogP contribution in [-0.4, -0.2) is 58.1 Å². The standard InChI is InChI=1S/C35H44N2O4S/c1-6-25(2)31(32(38)39)36-23-29-22-30(24-37(29)33(40)41-34(3,4)5)42-35(26-16-10-7-11-17-26,27-18-12-8-13-19-27)28-20-14-9-15-21-28/h7-21,25,29-31,36H,6,22-24H2,1-5H3,(H,38,39)/t25-,29-,30-,31-/m0/s1. The monoisotopic (exact) mass is 588 g/mol. The third-order valence-electron chi connectivity index (χ3n) is 7.94. The predicted octanol–water partition coefficient (Wildman–Crippen LogP) is 7.18. The molecule has 3 aromatic rings. The lowest BCUT2D eigenvalue weighted by atomic mass is 9.84. The molecule has 0 aromatic heterocycles. The second-order valence-corrected chi connectivity index (χ2v) is 13.7. The van der Waals surface area contributed by atoms with Gasteiger partial charge in [-0.3, -0.25) is 4.79 Å². The van der Waals surface area contributed by atoms with Gasteiger partial charge in [-0.25, -0.2) is 4.79 Å². The Morgan fingerprint density at radius 1 is 0.929 bits per heavy atom. The quantitative estimate of drug-likeness (QED) is 0.231. The number of amides is 1. The van der Waals surface area contributed by atoms with Crippen molar-refractivity contribution in [3.8, 4) is 0 Å². The highest BCUT2D eigenvalue weighted by atomic mass is 32.2. The number of nitrogens with one attached hydrogen (secondary N) is 1. The number of carboxylic acids is 1. The van der Waals surface area contributed by atoms with Crippen LogP contribution in [0.3, 0.4) is 0 Å². The summed E-state index contributed by atoms with van der Waals surface area (Å²) in [4.78, 5) is 27.4. The zero-order chi connectivity index (χ0) is 30.3. The average molecular weight is 589 g/mol. The summed E-state index contributed by atoms with van der Waals surface area (Å²) in [6, 6.07) is 30.7. The van der Waals surface area contributed by atoms with Crippen molar-refractivity contribution < 1.29 is 19.4 Å². The van der Waals surface area contributed by atoms with Gasteiger partial charge in [-0.1, -0.05) is 111 Å².